The highest BCUT2D eigenvalue weighted by Gasteiger charge is 2.67. The molecule has 4 rings (SSSR count). The van der Waals surface area contributed by atoms with Gasteiger partial charge in [0.15, 0.2) is 12.4 Å². The van der Waals surface area contributed by atoms with Crippen molar-refractivity contribution >= 4 is 8.25 Å². The van der Waals surface area contributed by atoms with Gasteiger partial charge in [0.05, 0.1) is 24.9 Å². The largest absolute Gasteiger partial charge is 0.695 e. The Balaban J connectivity index is 1.60. The van der Waals surface area contributed by atoms with Crippen molar-refractivity contribution in [2.24, 2.45) is 11.1 Å². The van der Waals surface area contributed by atoms with Gasteiger partial charge in [-0.15, -0.1) is 9.42 Å². The number of nitrogens with two attached hydrogens (primary N) is 1. The summed E-state index contributed by atoms with van der Waals surface area (Å²) in [6, 6.07) is -0.973. The molecule has 22 heavy (non-hydrogen) atoms. The topological polar surface area (TPSA) is 152 Å². The van der Waals surface area contributed by atoms with Crippen molar-refractivity contribution in [2.75, 3.05) is 13.2 Å². The first-order valence-corrected chi connectivity index (χ1v) is 8.27. The fraction of sp³-hybridized carbons (Fsp3) is 1.00. The standard InChI is InChI=1S/C12H20NO8P/c13-7-9(21-22(17)18)8(15)6(1-14)20-10(7)19-5-11-2-12(16,3-11)4-11/h6-10,14-16H,1-5,13H2/p+1. The van der Waals surface area contributed by atoms with E-state index < -0.39 is 51.1 Å². The van der Waals surface area contributed by atoms with Crippen molar-refractivity contribution < 1.29 is 38.8 Å². The molecule has 2 bridgehead atoms. The van der Waals surface area contributed by atoms with Crippen LogP contribution in [-0.2, 0) is 18.6 Å². The predicted octanol–water partition coefficient (Wildman–Crippen LogP) is -1.64. The molecule has 126 valence electrons. The van der Waals surface area contributed by atoms with E-state index in [-0.39, 0.29) is 5.41 Å². The van der Waals surface area contributed by atoms with Crippen molar-refractivity contribution in [3.8, 4) is 0 Å². The Morgan fingerprint density at radius 3 is 2.50 bits per heavy atom. The molecule has 1 heterocycles. The normalized spacial score (nSPS) is 51.0. The number of hydrogen-bond donors (Lipinski definition) is 5. The molecule has 0 spiro atoms. The van der Waals surface area contributed by atoms with Gasteiger partial charge in [0.1, 0.15) is 12.2 Å². The van der Waals surface area contributed by atoms with Crippen LogP contribution in [0.25, 0.3) is 0 Å². The van der Waals surface area contributed by atoms with Crippen LogP contribution < -0.4 is 5.73 Å². The Kier molecular flexibility index (Phi) is 4.31. The number of rotatable bonds is 6. The molecular formula is C12H21NO8P+. The summed E-state index contributed by atoms with van der Waals surface area (Å²) in [4.78, 5) is 8.88. The molecule has 6 N–H and O–H groups in total. The fourth-order valence-corrected chi connectivity index (χ4v) is 4.30. The lowest BCUT2D eigenvalue weighted by Gasteiger charge is -2.67. The first kappa shape index (κ1) is 16.6. The molecule has 0 aromatic carbocycles. The molecule has 1 aliphatic heterocycles. The fourth-order valence-electron chi connectivity index (χ4n) is 3.83. The van der Waals surface area contributed by atoms with Gasteiger partial charge in [0.2, 0.25) is 0 Å². The minimum absolute atomic E-state index is 0.0545. The zero-order valence-corrected chi connectivity index (χ0v) is 12.8. The van der Waals surface area contributed by atoms with E-state index in [0.717, 1.165) is 0 Å². The molecular weight excluding hydrogens is 317 g/mol. The molecule has 0 aromatic heterocycles. The molecule has 6 atom stereocenters. The summed E-state index contributed by atoms with van der Waals surface area (Å²) in [5.74, 6) is 0. The lowest BCUT2D eigenvalue weighted by atomic mass is 9.41. The molecule has 4 fully saturated rings. The summed E-state index contributed by atoms with van der Waals surface area (Å²) < 4.78 is 26.7. The van der Waals surface area contributed by atoms with Crippen LogP contribution in [0.3, 0.4) is 0 Å². The molecule has 3 aliphatic carbocycles. The minimum Gasteiger partial charge on any atom is -0.394 e. The van der Waals surface area contributed by atoms with E-state index in [0.29, 0.717) is 25.9 Å². The van der Waals surface area contributed by atoms with E-state index in [1.165, 1.54) is 0 Å². The zero-order chi connectivity index (χ0) is 16.1. The van der Waals surface area contributed by atoms with E-state index in [4.69, 9.17) is 24.6 Å². The van der Waals surface area contributed by atoms with Gasteiger partial charge in [-0.3, -0.25) is 0 Å². The Bertz CT molecular complexity index is 443. The number of aliphatic hydroxyl groups excluding tert-OH is 2. The predicted molar refractivity (Wildman–Crippen MR) is 71.6 cm³/mol. The molecule has 3 saturated carbocycles. The van der Waals surface area contributed by atoms with Crippen molar-refractivity contribution in [2.45, 2.75) is 55.5 Å². The third-order valence-electron chi connectivity index (χ3n) is 4.78. The highest BCUT2D eigenvalue weighted by atomic mass is 31.1. The third-order valence-corrected chi connectivity index (χ3v) is 5.20. The van der Waals surface area contributed by atoms with Gasteiger partial charge in [-0.25, -0.2) is 0 Å². The van der Waals surface area contributed by atoms with Gasteiger partial charge >= 0.3 is 8.25 Å². The second kappa shape index (κ2) is 5.70. The van der Waals surface area contributed by atoms with Gasteiger partial charge in [0, 0.05) is 9.98 Å². The highest BCUT2D eigenvalue weighted by Crippen LogP contribution is 2.67. The molecule has 9 nitrogen and oxygen atoms in total. The van der Waals surface area contributed by atoms with Crippen LogP contribution in [-0.4, -0.2) is 69.7 Å². The van der Waals surface area contributed by atoms with Crippen LogP contribution in [0.2, 0.25) is 0 Å². The summed E-state index contributed by atoms with van der Waals surface area (Å²) in [5.41, 5.74) is 5.31. The maximum Gasteiger partial charge on any atom is 0.695 e. The zero-order valence-electron chi connectivity index (χ0n) is 11.9. The summed E-state index contributed by atoms with van der Waals surface area (Å²) >= 11 is 0. The van der Waals surface area contributed by atoms with Gasteiger partial charge in [-0.05, 0) is 19.3 Å². The quantitative estimate of drug-likeness (QED) is 0.359. The lowest BCUT2D eigenvalue weighted by Crippen LogP contribution is -2.69. The smallest absolute Gasteiger partial charge is 0.394 e. The van der Waals surface area contributed by atoms with Crippen LogP contribution in [0.1, 0.15) is 19.3 Å². The Labute approximate surface area is 127 Å². The minimum atomic E-state index is -2.96. The average molecular weight is 338 g/mol. The Morgan fingerprint density at radius 1 is 1.36 bits per heavy atom. The molecule has 0 amide bonds. The lowest BCUT2D eigenvalue weighted by molar-refractivity contribution is -0.316. The Hall–Kier alpha value is -0.220. The molecule has 6 unspecified atom stereocenters. The van der Waals surface area contributed by atoms with Crippen LogP contribution in [0, 0.1) is 5.41 Å². The summed E-state index contributed by atoms with van der Waals surface area (Å²) in [6.07, 6.45) is -2.46. The van der Waals surface area contributed by atoms with Crippen LogP contribution in [0.15, 0.2) is 0 Å². The van der Waals surface area contributed by atoms with Crippen molar-refractivity contribution in [3.05, 3.63) is 0 Å². The van der Waals surface area contributed by atoms with Crippen molar-refractivity contribution in [1.82, 2.24) is 0 Å². The molecule has 4 aliphatic rings. The van der Waals surface area contributed by atoms with Gasteiger partial charge in [-0.1, -0.05) is 0 Å². The molecule has 0 aromatic rings. The van der Waals surface area contributed by atoms with Gasteiger partial charge in [0.25, 0.3) is 0 Å². The van der Waals surface area contributed by atoms with Crippen LogP contribution >= 0.6 is 8.25 Å². The summed E-state index contributed by atoms with van der Waals surface area (Å²) in [6.45, 7) is -0.166. The third kappa shape index (κ3) is 2.82. The van der Waals surface area contributed by atoms with Gasteiger partial charge in [-0.2, -0.15) is 0 Å². The van der Waals surface area contributed by atoms with Crippen LogP contribution in [0.4, 0.5) is 0 Å². The maximum absolute atomic E-state index is 10.9. The number of ether oxygens (including phenoxy) is 2. The molecule has 10 heteroatoms. The van der Waals surface area contributed by atoms with Crippen molar-refractivity contribution in [1.29, 1.82) is 0 Å². The SMILES string of the molecule is NC1C(OCC23CC(O)(C2)C3)OC(CO)C(O)C1O[P+](=O)O. The Morgan fingerprint density at radius 2 is 2.00 bits per heavy atom. The highest BCUT2D eigenvalue weighted by molar-refractivity contribution is 7.32. The van der Waals surface area contributed by atoms with Gasteiger partial charge < -0.3 is 30.5 Å². The average Bonchev–Trinajstić information content (AvgIpc) is 2.38. The summed E-state index contributed by atoms with van der Waals surface area (Å²) in [5, 5.41) is 28.9. The van der Waals surface area contributed by atoms with E-state index >= 15 is 0 Å². The second-order valence-corrected chi connectivity index (χ2v) is 7.35. The van der Waals surface area contributed by atoms with E-state index in [1.54, 1.807) is 0 Å². The van der Waals surface area contributed by atoms with Crippen LogP contribution in [0.5, 0.6) is 0 Å². The summed E-state index contributed by atoms with van der Waals surface area (Å²) in [7, 11) is -2.96. The molecule has 1 saturated heterocycles. The maximum atomic E-state index is 10.9. The first-order chi connectivity index (χ1) is 10.3. The van der Waals surface area contributed by atoms with E-state index in [1.807, 2.05) is 0 Å². The second-order valence-electron chi connectivity index (χ2n) is 6.67. The number of hydrogen-bond acceptors (Lipinski definition) is 8. The van der Waals surface area contributed by atoms with E-state index in [2.05, 4.69) is 0 Å². The molecule has 0 radical (unpaired) electrons. The number of aliphatic hydroxyl groups is 3. The monoisotopic (exact) mass is 338 g/mol. The van der Waals surface area contributed by atoms with E-state index in [9.17, 15) is 19.9 Å². The first-order valence-electron chi connectivity index (χ1n) is 7.14. The van der Waals surface area contributed by atoms with Crippen molar-refractivity contribution in [3.63, 3.8) is 0 Å².